The lowest BCUT2D eigenvalue weighted by Gasteiger charge is -2.09. The third-order valence-electron chi connectivity index (χ3n) is 2.54. The van der Waals surface area contributed by atoms with E-state index >= 15 is 0 Å². The Kier molecular flexibility index (Phi) is 4.44. The zero-order valence-corrected chi connectivity index (χ0v) is 12.1. The molecule has 0 bridgehead atoms. The highest BCUT2D eigenvalue weighted by atomic mass is 35.5. The molecule has 1 heterocycles. The minimum atomic E-state index is -0.309. The van der Waals surface area contributed by atoms with Crippen molar-refractivity contribution in [2.75, 3.05) is 10.7 Å². The Morgan fingerprint density at radius 3 is 2.65 bits per heavy atom. The molecule has 0 spiro atoms. The molecule has 4 N–H and O–H groups in total. The summed E-state index contributed by atoms with van der Waals surface area (Å²) in [4.78, 5) is 16.3. The maximum absolute atomic E-state index is 12.2. The predicted molar refractivity (Wildman–Crippen MR) is 81.2 cm³/mol. The van der Waals surface area contributed by atoms with Crippen LogP contribution in [0, 0.1) is 6.92 Å². The topological polar surface area (TPSA) is 80.0 Å². The van der Waals surface area contributed by atoms with Crippen molar-refractivity contribution in [3.8, 4) is 0 Å². The lowest BCUT2D eigenvalue weighted by molar-refractivity contribution is 0.102. The Labute approximate surface area is 126 Å². The molecule has 0 atom stereocenters. The number of aromatic nitrogens is 1. The summed E-state index contributed by atoms with van der Waals surface area (Å²) in [7, 11) is 0. The van der Waals surface area contributed by atoms with Gasteiger partial charge in [-0.05, 0) is 37.3 Å². The molecule has 1 amide bonds. The van der Waals surface area contributed by atoms with Crippen LogP contribution in [-0.4, -0.2) is 10.9 Å². The Hall–Kier alpha value is -1.82. The Morgan fingerprint density at radius 1 is 1.25 bits per heavy atom. The molecule has 7 heteroatoms. The smallest absolute Gasteiger partial charge is 0.255 e. The van der Waals surface area contributed by atoms with E-state index in [4.69, 9.17) is 29.0 Å². The van der Waals surface area contributed by atoms with Crippen molar-refractivity contribution in [3.05, 3.63) is 51.6 Å². The highest BCUT2D eigenvalue weighted by Crippen LogP contribution is 2.26. The van der Waals surface area contributed by atoms with Gasteiger partial charge in [-0.25, -0.2) is 10.8 Å². The lowest BCUT2D eigenvalue weighted by atomic mass is 10.2. The maximum Gasteiger partial charge on any atom is 0.255 e. The molecular formula is C13H12Cl2N4O. The average Bonchev–Trinajstić information content (AvgIpc) is 2.41. The number of amides is 1. The molecule has 0 fully saturated rings. The van der Waals surface area contributed by atoms with Crippen molar-refractivity contribution >= 4 is 40.6 Å². The number of hydrogen-bond donors (Lipinski definition) is 3. The number of carbonyl (C=O) groups excluding carboxylic acids is 1. The number of nitrogen functional groups attached to an aromatic ring is 1. The molecule has 0 unspecified atom stereocenters. The van der Waals surface area contributed by atoms with Gasteiger partial charge in [0.25, 0.3) is 5.91 Å². The second-order valence-electron chi connectivity index (χ2n) is 4.11. The first-order valence-corrected chi connectivity index (χ1v) is 6.47. The fourth-order valence-corrected chi connectivity index (χ4v) is 2.11. The average molecular weight is 311 g/mol. The van der Waals surface area contributed by atoms with Gasteiger partial charge in [0, 0.05) is 16.3 Å². The number of hydrogen-bond acceptors (Lipinski definition) is 4. The van der Waals surface area contributed by atoms with E-state index in [1.165, 1.54) is 0 Å². The number of aryl methyl sites for hydroxylation is 1. The maximum atomic E-state index is 12.2. The number of benzene rings is 1. The first-order valence-electron chi connectivity index (χ1n) is 5.71. The molecule has 2 aromatic rings. The third kappa shape index (κ3) is 3.39. The van der Waals surface area contributed by atoms with Crippen molar-refractivity contribution in [3.63, 3.8) is 0 Å². The number of halogens is 2. The second-order valence-corrected chi connectivity index (χ2v) is 4.95. The van der Waals surface area contributed by atoms with Gasteiger partial charge in [0.05, 0.1) is 10.7 Å². The summed E-state index contributed by atoms with van der Waals surface area (Å²) in [5.74, 6) is 5.41. The van der Waals surface area contributed by atoms with E-state index in [-0.39, 0.29) is 5.91 Å². The zero-order valence-electron chi connectivity index (χ0n) is 10.6. The number of nitrogens with two attached hydrogens (primary N) is 1. The van der Waals surface area contributed by atoms with Crippen LogP contribution in [0.3, 0.4) is 0 Å². The summed E-state index contributed by atoms with van der Waals surface area (Å²) in [6, 6.07) is 8.04. The van der Waals surface area contributed by atoms with Crippen molar-refractivity contribution in [1.82, 2.24) is 4.98 Å². The fourth-order valence-electron chi connectivity index (χ4n) is 1.66. The molecule has 20 heavy (non-hydrogen) atoms. The van der Waals surface area contributed by atoms with E-state index in [9.17, 15) is 4.79 Å². The van der Waals surface area contributed by atoms with E-state index in [0.717, 1.165) is 0 Å². The number of nitrogens with zero attached hydrogens (tertiary/aromatic N) is 1. The van der Waals surface area contributed by atoms with Crippen molar-refractivity contribution in [2.24, 2.45) is 5.84 Å². The quantitative estimate of drug-likeness (QED) is 0.600. The number of pyridine rings is 1. The van der Waals surface area contributed by atoms with Crippen LogP contribution in [0.2, 0.25) is 10.0 Å². The number of anilines is 2. The molecule has 5 nitrogen and oxygen atoms in total. The first kappa shape index (κ1) is 14.6. The first-order chi connectivity index (χ1) is 9.49. The number of rotatable bonds is 3. The van der Waals surface area contributed by atoms with Gasteiger partial charge < -0.3 is 10.7 Å². The van der Waals surface area contributed by atoms with Crippen LogP contribution in [0.15, 0.2) is 30.3 Å². The summed E-state index contributed by atoms with van der Waals surface area (Å²) >= 11 is 11.8. The Bertz CT molecular complexity index is 661. The summed E-state index contributed by atoms with van der Waals surface area (Å²) in [5.41, 5.74) is 4.00. The van der Waals surface area contributed by atoms with E-state index in [1.807, 2.05) is 0 Å². The Morgan fingerprint density at radius 2 is 2.00 bits per heavy atom. The standard InChI is InChI=1S/C13H12Cl2N4O/c1-7-4-8(5-12(17-7)19-16)13(20)18-11-3-2-9(14)6-10(11)15/h2-6H,16H2,1H3,(H,17,19)(H,18,20). The highest BCUT2D eigenvalue weighted by Gasteiger charge is 2.11. The molecule has 0 aliphatic carbocycles. The van der Waals surface area contributed by atoms with Gasteiger partial charge in [-0.15, -0.1) is 0 Å². The van der Waals surface area contributed by atoms with Gasteiger partial charge in [-0.2, -0.15) is 0 Å². The van der Waals surface area contributed by atoms with Crippen LogP contribution in [0.5, 0.6) is 0 Å². The molecular weight excluding hydrogens is 299 g/mol. The van der Waals surface area contributed by atoms with Gasteiger partial charge in [-0.3, -0.25) is 4.79 Å². The van der Waals surface area contributed by atoms with E-state index in [0.29, 0.717) is 32.8 Å². The van der Waals surface area contributed by atoms with Crippen LogP contribution in [0.4, 0.5) is 11.5 Å². The second kappa shape index (κ2) is 6.09. The van der Waals surface area contributed by atoms with Crippen LogP contribution in [0.25, 0.3) is 0 Å². The van der Waals surface area contributed by atoms with Gasteiger partial charge in [0.2, 0.25) is 0 Å². The molecule has 2 rings (SSSR count). The zero-order chi connectivity index (χ0) is 14.7. The van der Waals surface area contributed by atoms with Crippen molar-refractivity contribution < 1.29 is 4.79 Å². The molecule has 1 aromatic heterocycles. The van der Waals surface area contributed by atoms with Crippen LogP contribution < -0.4 is 16.6 Å². The molecule has 0 saturated carbocycles. The molecule has 0 aliphatic heterocycles. The van der Waals surface area contributed by atoms with E-state index in [1.54, 1.807) is 37.3 Å². The lowest BCUT2D eigenvalue weighted by Crippen LogP contribution is -2.15. The van der Waals surface area contributed by atoms with Crippen LogP contribution in [0.1, 0.15) is 16.1 Å². The third-order valence-corrected chi connectivity index (χ3v) is 3.09. The highest BCUT2D eigenvalue weighted by molar-refractivity contribution is 6.36. The monoisotopic (exact) mass is 310 g/mol. The van der Waals surface area contributed by atoms with E-state index < -0.39 is 0 Å². The number of carbonyl (C=O) groups is 1. The van der Waals surface area contributed by atoms with Crippen molar-refractivity contribution in [2.45, 2.75) is 6.92 Å². The van der Waals surface area contributed by atoms with E-state index in [2.05, 4.69) is 15.7 Å². The normalized spacial score (nSPS) is 10.2. The Balaban J connectivity index is 2.26. The van der Waals surface area contributed by atoms with Gasteiger partial charge in [0.15, 0.2) is 0 Å². The van der Waals surface area contributed by atoms with Gasteiger partial charge in [0.1, 0.15) is 5.82 Å². The molecule has 0 aliphatic rings. The number of hydrazine groups is 1. The van der Waals surface area contributed by atoms with Gasteiger partial charge >= 0.3 is 0 Å². The number of nitrogens with one attached hydrogen (secondary N) is 2. The molecule has 0 saturated heterocycles. The van der Waals surface area contributed by atoms with Crippen LogP contribution >= 0.6 is 23.2 Å². The SMILES string of the molecule is Cc1cc(C(=O)Nc2ccc(Cl)cc2Cl)cc(NN)n1. The fraction of sp³-hybridized carbons (Fsp3) is 0.0769. The summed E-state index contributed by atoms with van der Waals surface area (Å²) in [6.45, 7) is 1.77. The van der Waals surface area contributed by atoms with Gasteiger partial charge in [-0.1, -0.05) is 23.2 Å². The molecule has 0 radical (unpaired) electrons. The molecule has 104 valence electrons. The predicted octanol–water partition coefficient (Wildman–Crippen LogP) is 3.23. The summed E-state index contributed by atoms with van der Waals surface area (Å²) in [6.07, 6.45) is 0. The molecule has 1 aromatic carbocycles. The largest absolute Gasteiger partial charge is 0.321 e. The van der Waals surface area contributed by atoms with Crippen molar-refractivity contribution in [1.29, 1.82) is 0 Å². The minimum absolute atomic E-state index is 0.309. The minimum Gasteiger partial charge on any atom is -0.321 e. The summed E-state index contributed by atoms with van der Waals surface area (Å²) < 4.78 is 0. The van der Waals surface area contributed by atoms with Crippen LogP contribution in [-0.2, 0) is 0 Å². The summed E-state index contributed by atoms with van der Waals surface area (Å²) in [5, 5.41) is 3.58.